The van der Waals surface area contributed by atoms with E-state index in [-0.39, 0.29) is 6.61 Å². The number of aliphatic carboxylic acids is 1. The van der Waals surface area contributed by atoms with Gasteiger partial charge in [-0.2, -0.15) is 0 Å². The molecule has 3 heteroatoms. The van der Waals surface area contributed by atoms with Crippen molar-refractivity contribution in [3.8, 4) is 0 Å². The zero-order valence-electron chi connectivity index (χ0n) is 6.55. The predicted octanol–water partition coefficient (Wildman–Crippen LogP) is 1.01. The van der Waals surface area contributed by atoms with Gasteiger partial charge in [0, 0.05) is 6.61 Å². The van der Waals surface area contributed by atoms with E-state index in [1.165, 1.54) is 0 Å². The number of carbonyl (C=O) groups is 1. The van der Waals surface area contributed by atoms with E-state index < -0.39 is 11.4 Å². The zero-order valence-corrected chi connectivity index (χ0v) is 6.55. The van der Waals surface area contributed by atoms with Crippen LogP contribution < -0.4 is 0 Å². The Kier molecular flexibility index (Phi) is 2.49. The maximum Gasteiger partial charge on any atom is 0.309 e. The van der Waals surface area contributed by atoms with Crippen molar-refractivity contribution < 1.29 is 15.0 Å². The molecule has 3 nitrogen and oxygen atoms in total. The minimum absolute atomic E-state index is 0.00764. The lowest BCUT2D eigenvalue weighted by atomic mass is 9.83. The molecule has 0 bridgehead atoms. The van der Waals surface area contributed by atoms with Crippen LogP contribution in [-0.2, 0) is 4.79 Å². The molecule has 1 fully saturated rings. The molecule has 1 aliphatic rings. The smallest absolute Gasteiger partial charge is 0.309 e. The summed E-state index contributed by atoms with van der Waals surface area (Å²) in [5.74, 6) is -0.732. The SMILES string of the molecule is O=C(O)C1(CCO)CCCC1. The summed E-state index contributed by atoms with van der Waals surface area (Å²) in [6.45, 7) is -0.00764. The molecule has 0 atom stereocenters. The van der Waals surface area contributed by atoms with Crippen molar-refractivity contribution >= 4 is 5.97 Å². The molecular weight excluding hydrogens is 144 g/mol. The second-order valence-electron chi connectivity index (χ2n) is 3.27. The van der Waals surface area contributed by atoms with Gasteiger partial charge in [0.2, 0.25) is 0 Å². The molecule has 1 aliphatic carbocycles. The fourth-order valence-corrected chi connectivity index (χ4v) is 1.84. The van der Waals surface area contributed by atoms with Crippen LogP contribution in [0.1, 0.15) is 32.1 Å². The second kappa shape index (κ2) is 3.22. The summed E-state index contributed by atoms with van der Waals surface area (Å²) in [5, 5.41) is 17.6. The molecule has 11 heavy (non-hydrogen) atoms. The Morgan fingerprint density at radius 3 is 2.27 bits per heavy atom. The molecule has 0 unspecified atom stereocenters. The Balaban J connectivity index is 2.62. The van der Waals surface area contributed by atoms with Gasteiger partial charge in [0.05, 0.1) is 5.41 Å². The molecule has 0 aromatic rings. The first-order valence-electron chi connectivity index (χ1n) is 4.05. The molecule has 0 amide bonds. The maximum atomic E-state index is 10.8. The van der Waals surface area contributed by atoms with Gasteiger partial charge in [-0.3, -0.25) is 4.79 Å². The first kappa shape index (κ1) is 8.53. The first-order chi connectivity index (χ1) is 5.21. The van der Waals surface area contributed by atoms with Gasteiger partial charge in [-0.05, 0) is 19.3 Å². The summed E-state index contributed by atoms with van der Waals surface area (Å²) >= 11 is 0. The third-order valence-corrected chi connectivity index (χ3v) is 2.60. The van der Waals surface area contributed by atoms with Crippen LogP contribution in [-0.4, -0.2) is 22.8 Å². The Morgan fingerprint density at radius 1 is 1.36 bits per heavy atom. The molecule has 0 aromatic heterocycles. The summed E-state index contributed by atoms with van der Waals surface area (Å²) in [6.07, 6.45) is 3.88. The highest BCUT2D eigenvalue weighted by atomic mass is 16.4. The second-order valence-corrected chi connectivity index (χ2v) is 3.27. The van der Waals surface area contributed by atoms with Crippen molar-refractivity contribution in [3.05, 3.63) is 0 Å². The molecule has 0 spiro atoms. The van der Waals surface area contributed by atoms with Crippen molar-refractivity contribution in [1.29, 1.82) is 0 Å². The summed E-state index contributed by atoms with van der Waals surface area (Å²) < 4.78 is 0. The molecule has 2 N–H and O–H groups in total. The fraction of sp³-hybridized carbons (Fsp3) is 0.875. The van der Waals surface area contributed by atoms with Gasteiger partial charge in [-0.1, -0.05) is 12.8 Å². The van der Waals surface area contributed by atoms with Crippen LogP contribution >= 0.6 is 0 Å². The van der Waals surface area contributed by atoms with E-state index in [1.54, 1.807) is 0 Å². The number of aliphatic hydroxyl groups is 1. The normalized spacial score (nSPS) is 21.9. The number of hydrogen-bond donors (Lipinski definition) is 2. The van der Waals surface area contributed by atoms with Crippen LogP contribution in [0.4, 0.5) is 0 Å². The van der Waals surface area contributed by atoms with Crippen molar-refractivity contribution in [2.75, 3.05) is 6.61 Å². The minimum atomic E-state index is -0.732. The Morgan fingerprint density at radius 2 is 1.91 bits per heavy atom. The molecular formula is C8H14O3. The third kappa shape index (κ3) is 1.53. The van der Waals surface area contributed by atoms with Gasteiger partial charge in [0.1, 0.15) is 0 Å². The average molecular weight is 158 g/mol. The maximum absolute atomic E-state index is 10.8. The fourth-order valence-electron chi connectivity index (χ4n) is 1.84. The summed E-state index contributed by atoms with van der Waals surface area (Å²) in [4.78, 5) is 10.8. The van der Waals surface area contributed by atoms with Gasteiger partial charge in [-0.25, -0.2) is 0 Å². The minimum Gasteiger partial charge on any atom is -0.481 e. The number of hydrogen-bond acceptors (Lipinski definition) is 2. The Hall–Kier alpha value is -0.570. The molecule has 0 saturated heterocycles. The van der Waals surface area contributed by atoms with Gasteiger partial charge >= 0.3 is 5.97 Å². The van der Waals surface area contributed by atoms with E-state index in [4.69, 9.17) is 10.2 Å². The lowest BCUT2D eigenvalue weighted by molar-refractivity contribution is -0.149. The van der Waals surface area contributed by atoms with Crippen LogP contribution in [0.15, 0.2) is 0 Å². The van der Waals surface area contributed by atoms with Crippen molar-refractivity contribution in [1.82, 2.24) is 0 Å². The summed E-state index contributed by atoms with van der Waals surface area (Å²) in [7, 11) is 0. The van der Waals surface area contributed by atoms with Crippen LogP contribution in [0.2, 0.25) is 0 Å². The average Bonchev–Trinajstić information content (AvgIpc) is 2.38. The van der Waals surface area contributed by atoms with E-state index in [0.717, 1.165) is 25.7 Å². The van der Waals surface area contributed by atoms with Gasteiger partial charge in [0.15, 0.2) is 0 Å². The highest BCUT2D eigenvalue weighted by Crippen LogP contribution is 2.40. The van der Waals surface area contributed by atoms with E-state index in [9.17, 15) is 4.79 Å². The van der Waals surface area contributed by atoms with E-state index in [0.29, 0.717) is 6.42 Å². The lowest BCUT2D eigenvalue weighted by Crippen LogP contribution is -2.28. The number of carboxylic acids is 1. The molecule has 64 valence electrons. The topological polar surface area (TPSA) is 57.5 Å². The van der Waals surface area contributed by atoms with E-state index in [2.05, 4.69) is 0 Å². The highest BCUT2D eigenvalue weighted by Gasteiger charge is 2.40. The first-order valence-corrected chi connectivity index (χ1v) is 4.05. The van der Waals surface area contributed by atoms with Crippen molar-refractivity contribution in [2.24, 2.45) is 5.41 Å². The monoisotopic (exact) mass is 158 g/mol. The molecule has 0 aromatic carbocycles. The molecule has 0 radical (unpaired) electrons. The van der Waals surface area contributed by atoms with Crippen LogP contribution in [0.25, 0.3) is 0 Å². The quantitative estimate of drug-likeness (QED) is 0.644. The van der Waals surface area contributed by atoms with Crippen molar-refractivity contribution in [3.63, 3.8) is 0 Å². The highest BCUT2D eigenvalue weighted by molar-refractivity contribution is 5.74. The third-order valence-electron chi connectivity index (χ3n) is 2.60. The molecule has 1 rings (SSSR count). The van der Waals surface area contributed by atoms with Gasteiger partial charge in [0.25, 0.3) is 0 Å². The molecule has 0 aliphatic heterocycles. The van der Waals surface area contributed by atoms with E-state index in [1.807, 2.05) is 0 Å². The van der Waals surface area contributed by atoms with Crippen LogP contribution in [0, 0.1) is 5.41 Å². The largest absolute Gasteiger partial charge is 0.481 e. The van der Waals surface area contributed by atoms with Crippen LogP contribution in [0.5, 0.6) is 0 Å². The molecule has 1 saturated carbocycles. The Labute approximate surface area is 66.0 Å². The summed E-state index contributed by atoms with van der Waals surface area (Å²) in [5.41, 5.74) is -0.589. The zero-order chi connectivity index (χ0) is 8.32. The number of aliphatic hydroxyl groups excluding tert-OH is 1. The predicted molar refractivity (Wildman–Crippen MR) is 40.2 cm³/mol. The number of carboxylic acid groups (broad SMARTS) is 1. The molecule has 0 heterocycles. The lowest BCUT2D eigenvalue weighted by Gasteiger charge is -2.21. The van der Waals surface area contributed by atoms with Gasteiger partial charge < -0.3 is 10.2 Å². The van der Waals surface area contributed by atoms with Crippen molar-refractivity contribution in [2.45, 2.75) is 32.1 Å². The number of rotatable bonds is 3. The summed E-state index contributed by atoms with van der Waals surface area (Å²) in [6, 6.07) is 0. The Bertz CT molecular complexity index is 147. The van der Waals surface area contributed by atoms with E-state index >= 15 is 0 Å². The van der Waals surface area contributed by atoms with Crippen LogP contribution in [0.3, 0.4) is 0 Å². The standard InChI is InChI=1S/C8H14O3/c9-6-5-8(7(10)11)3-1-2-4-8/h9H,1-6H2,(H,10,11). The van der Waals surface area contributed by atoms with Gasteiger partial charge in [-0.15, -0.1) is 0 Å².